The average molecular weight is 512 g/mol. The van der Waals surface area contributed by atoms with Gasteiger partial charge < -0.3 is 35.3 Å². The van der Waals surface area contributed by atoms with Crippen LogP contribution >= 0.6 is 0 Å². The van der Waals surface area contributed by atoms with E-state index in [1.165, 1.54) is 26.2 Å². The second-order valence-corrected chi connectivity index (χ2v) is 9.91. The van der Waals surface area contributed by atoms with Crippen LogP contribution in [0.15, 0.2) is 18.2 Å². The lowest BCUT2D eigenvalue weighted by molar-refractivity contribution is -0.243. The van der Waals surface area contributed by atoms with Gasteiger partial charge in [0.15, 0.2) is 12.1 Å². The van der Waals surface area contributed by atoms with Crippen molar-refractivity contribution < 1.29 is 43.9 Å². The van der Waals surface area contributed by atoms with Crippen molar-refractivity contribution in [2.24, 2.45) is 11.7 Å². The van der Waals surface area contributed by atoms with E-state index in [4.69, 9.17) is 19.9 Å². The molecule has 6 atom stereocenters. The van der Waals surface area contributed by atoms with Crippen LogP contribution in [-0.4, -0.2) is 64.3 Å². The van der Waals surface area contributed by atoms with Crippen LogP contribution in [0.25, 0.3) is 0 Å². The summed E-state index contributed by atoms with van der Waals surface area (Å²) in [4.78, 5) is 39.5. The van der Waals surface area contributed by atoms with E-state index < -0.39 is 59.6 Å². The van der Waals surface area contributed by atoms with Crippen LogP contribution in [0.5, 0.6) is 17.2 Å². The zero-order valence-electron chi connectivity index (χ0n) is 20.7. The molecule has 1 fully saturated rings. The standard InChI is InChI=1S/C27H29NO9/c1-10(29)12-7-14-20(17(8-12)37-18-9-15(28)23(30)11(2)36-18)27(34)22-21(25(14)32)24(31)13-5-4-6-16(35-3)19(13)26(22)33/h4-6,11-12,15,17-18,23,30,32,34H,7-9,28H2,1-3H3/t11-,12+,15-,17-,18-,23+/m0/s1. The average Bonchev–Trinajstić information content (AvgIpc) is 2.86. The largest absolute Gasteiger partial charge is 0.507 e. The zero-order chi connectivity index (χ0) is 26.8. The third-order valence-corrected chi connectivity index (χ3v) is 7.67. The van der Waals surface area contributed by atoms with Gasteiger partial charge in [-0.15, -0.1) is 0 Å². The number of aromatic hydroxyl groups is 2. The fourth-order valence-electron chi connectivity index (χ4n) is 5.67. The molecule has 1 aliphatic heterocycles. The van der Waals surface area contributed by atoms with Gasteiger partial charge in [-0.25, -0.2) is 0 Å². The van der Waals surface area contributed by atoms with Gasteiger partial charge in [0.1, 0.15) is 23.0 Å². The number of ether oxygens (including phenoxy) is 3. The minimum atomic E-state index is -0.949. The van der Waals surface area contributed by atoms with Crippen LogP contribution in [0.1, 0.15) is 75.8 Å². The lowest BCUT2D eigenvalue weighted by atomic mass is 9.74. The molecule has 5 N–H and O–H groups in total. The molecule has 2 aromatic carbocycles. The molecule has 5 rings (SSSR count). The van der Waals surface area contributed by atoms with E-state index in [1.54, 1.807) is 13.0 Å². The summed E-state index contributed by atoms with van der Waals surface area (Å²) in [6, 6.07) is 3.94. The SMILES string of the molecule is COc1cccc2c1C(=O)c1c(O)c3c(c(O)c1C2=O)C[C@@H](C(C)=O)C[C@@H]3O[C@H]1C[C@H](N)[C@H](O)[C@H](C)O1. The third-order valence-electron chi connectivity index (χ3n) is 7.67. The van der Waals surface area contributed by atoms with Crippen molar-refractivity contribution in [2.75, 3.05) is 7.11 Å². The number of benzene rings is 2. The Morgan fingerprint density at radius 1 is 1.08 bits per heavy atom. The molecule has 10 nitrogen and oxygen atoms in total. The number of Topliss-reactive ketones (excluding diaryl/α,β-unsaturated/α-hetero) is 1. The van der Waals surface area contributed by atoms with E-state index >= 15 is 0 Å². The summed E-state index contributed by atoms with van der Waals surface area (Å²) < 4.78 is 17.2. The Hall–Kier alpha value is -3.31. The Morgan fingerprint density at radius 2 is 1.78 bits per heavy atom. The second kappa shape index (κ2) is 9.21. The molecule has 0 unspecified atom stereocenters. The Morgan fingerprint density at radius 3 is 2.43 bits per heavy atom. The Bertz CT molecular complexity index is 1310. The monoisotopic (exact) mass is 511 g/mol. The number of aliphatic hydroxyl groups excluding tert-OH is 1. The zero-order valence-corrected chi connectivity index (χ0v) is 20.7. The Balaban J connectivity index is 1.65. The predicted octanol–water partition coefficient (Wildman–Crippen LogP) is 1.91. The molecule has 0 radical (unpaired) electrons. The Labute approximate surface area is 212 Å². The molecule has 2 aromatic rings. The van der Waals surface area contributed by atoms with Crippen molar-refractivity contribution in [3.8, 4) is 17.2 Å². The van der Waals surface area contributed by atoms with Gasteiger partial charge in [0.2, 0.25) is 5.78 Å². The third kappa shape index (κ3) is 3.91. The van der Waals surface area contributed by atoms with E-state index in [0.29, 0.717) is 0 Å². The van der Waals surface area contributed by atoms with Gasteiger partial charge in [0.05, 0.1) is 42.1 Å². The molecule has 0 saturated carbocycles. The number of hydrogen-bond acceptors (Lipinski definition) is 10. The summed E-state index contributed by atoms with van der Waals surface area (Å²) >= 11 is 0. The maximum atomic E-state index is 13.6. The summed E-state index contributed by atoms with van der Waals surface area (Å²) in [5.74, 6) is -2.80. The molecule has 0 spiro atoms. The number of methoxy groups -OCH3 is 1. The summed E-state index contributed by atoms with van der Waals surface area (Å²) in [5, 5.41) is 32.9. The van der Waals surface area contributed by atoms with Crippen LogP contribution < -0.4 is 10.5 Å². The molecule has 2 aliphatic carbocycles. The quantitative estimate of drug-likeness (QED) is 0.380. The number of hydrogen-bond donors (Lipinski definition) is 4. The molecule has 0 aromatic heterocycles. The number of nitrogens with two attached hydrogens (primary N) is 1. The molecule has 10 heteroatoms. The number of aliphatic hydroxyl groups is 1. The lowest BCUT2D eigenvalue weighted by Crippen LogP contribution is -2.52. The molecule has 0 amide bonds. The minimum absolute atomic E-state index is 0.00330. The summed E-state index contributed by atoms with van der Waals surface area (Å²) in [5.41, 5.74) is 5.75. The maximum Gasteiger partial charge on any atom is 0.202 e. The molecule has 1 saturated heterocycles. The van der Waals surface area contributed by atoms with E-state index in [-0.39, 0.29) is 64.2 Å². The van der Waals surface area contributed by atoms with Crippen molar-refractivity contribution in [2.45, 2.75) is 63.8 Å². The smallest absolute Gasteiger partial charge is 0.202 e. The number of carbonyl (C=O) groups excluding carboxylic acids is 3. The normalized spacial score (nSPS) is 28.8. The molecule has 3 aliphatic rings. The predicted molar refractivity (Wildman–Crippen MR) is 129 cm³/mol. The first kappa shape index (κ1) is 25.3. The van der Waals surface area contributed by atoms with Gasteiger partial charge >= 0.3 is 0 Å². The Kier molecular flexibility index (Phi) is 6.31. The van der Waals surface area contributed by atoms with Gasteiger partial charge in [-0.2, -0.15) is 0 Å². The van der Waals surface area contributed by atoms with Gasteiger partial charge in [0, 0.05) is 35.1 Å². The van der Waals surface area contributed by atoms with Crippen LogP contribution in [0.4, 0.5) is 0 Å². The van der Waals surface area contributed by atoms with Crippen LogP contribution in [-0.2, 0) is 20.7 Å². The summed E-state index contributed by atoms with van der Waals surface area (Å²) in [7, 11) is 1.37. The van der Waals surface area contributed by atoms with Gasteiger partial charge in [-0.3, -0.25) is 14.4 Å². The van der Waals surface area contributed by atoms with E-state index in [2.05, 4.69) is 0 Å². The van der Waals surface area contributed by atoms with Crippen molar-refractivity contribution in [3.05, 3.63) is 51.6 Å². The molecule has 1 heterocycles. The fraction of sp³-hybridized carbons (Fsp3) is 0.444. The molecule has 37 heavy (non-hydrogen) atoms. The first-order chi connectivity index (χ1) is 17.5. The van der Waals surface area contributed by atoms with E-state index in [0.717, 1.165) is 0 Å². The highest BCUT2D eigenvalue weighted by Crippen LogP contribution is 2.51. The molecule has 196 valence electrons. The van der Waals surface area contributed by atoms with Crippen molar-refractivity contribution >= 4 is 17.3 Å². The van der Waals surface area contributed by atoms with Gasteiger partial charge in [-0.1, -0.05) is 12.1 Å². The van der Waals surface area contributed by atoms with Gasteiger partial charge in [-0.05, 0) is 32.8 Å². The van der Waals surface area contributed by atoms with Crippen molar-refractivity contribution in [1.29, 1.82) is 0 Å². The molecule has 0 bridgehead atoms. The summed E-state index contributed by atoms with van der Waals surface area (Å²) in [6.07, 6.45) is -2.95. The highest BCUT2D eigenvalue weighted by Gasteiger charge is 2.44. The highest BCUT2D eigenvalue weighted by molar-refractivity contribution is 6.31. The number of phenolic OH excluding ortho intramolecular Hbond substituents is 2. The number of rotatable bonds is 4. The van der Waals surface area contributed by atoms with Crippen LogP contribution in [0.2, 0.25) is 0 Å². The topological polar surface area (TPSA) is 166 Å². The van der Waals surface area contributed by atoms with Gasteiger partial charge in [0.25, 0.3) is 0 Å². The number of fused-ring (bicyclic) bond motifs is 3. The van der Waals surface area contributed by atoms with Crippen molar-refractivity contribution in [1.82, 2.24) is 0 Å². The van der Waals surface area contributed by atoms with Crippen LogP contribution in [0.3, 0.4) is 0 Å². The number of ketones is 3. The summed E-state index contributed by atoms with van der Waals surface area (Å²) in [6.45, 7) is 3.08. The van der Waals surface area contributed by atoms with E-state index in [1.807, 2.05) is 0 Å². The fourth-order valence-corrected chi connectivity index (χ4v) is 5.67. The first-order valence-electron chi connectivity index (χ1n) is 12.2. The minimum Gasteiger partial charge on any atom is -0.507 e. The molecular weight excluding hydrogens is 482 g/mol. The highest BCUT2D eigenvalue weighted by atomic mass is 16.7. The molecular formula is C27H29NO9. The number of carbonyl (C=O) groups is 3. The lowest BCUT2D eigenvalue weighted by Gasteiger charge is -2.40. The first-order valence-corrected chi connectivity index (χ1v) is 12.2. The maximum absolute atomic E-state index is 13.6. The van der Waals surface area contributed by atoms with Crippen LogP contribution in [0, 0.1) is 5.92 Å². The van der Waals surface area contributed by atoms with E-state index in [9.17, 15) is 29.7 Å². The number of phenols is 2. The van der Waals surface area contributed by atoms with Crippen molar-refractivity contribution in [3.63, 3.8) is 0 Å². The second-order valence-electron chi connectivity index (χ2n) is 9.91.